The Kier molecular flexibility index (Phi) is 18.0. The van der Waals surface area contributed by atoms with Crippen LogP contribution >= 0.6 is 0 Å². The Labute approximate surface area is 90.3 Å². The van der Waals surface area contributed by atoms with Crippen molar-refractivity contribution in [1.82, 2.24) is 4.90 Å². The number of unbranched alkanes of at least 4 members (excludes halogenated alkanes) is 2. The molecule has 0 spiro atoms. The van der Waals surface area contributed by atoms with Gasteiger partial charge in [0.05, 0.1) is 0 Å². The molecule has 2 heteroatoms. The van der Waals surface area contributed by atoms with Crippen LogP contribution in [0.15, 0.2) is 0 Å². The van der Waals surface area contributed by atoms with E-state index >= 15 is 0 Å². The van der Waals surface area contributed by atoms with Gasteiger partial charge >= 0.3 is 0 Å². The molecule has 0 aromatic heterocycles. The third-order valence-corrected chi connectivity index (χ3v) is 1.84. The van der Waals surface area contributed by atoms with E-state index < -0.39 is 0 Å². The van der Waals surface area contributed by atoms with Gasteiger partial charge in [0.1, 0.15) is 0 Å². The number of hydrogen-bond donors (Lipinski definition) is 1. The molecule has 0 saturated heterocycles. The topological polar surface area (TPSA) is 23.5 Å². The molecule has 0 aromatic carbocycles. The predicted octanol–water partition coefficient (Wildman–Crippen LogP) is 2.91. The summed E-state index contributed by atoms with van der Waals surface area (Å²) in [5.41, 5.74) is 0. The first-order valence-corrected chi connectivity index (χ1v) is 6.02. The number of nitrogens with zero attached hydrogens (tertiary/aromatic N) is 1. The summed E-state index contributed by atoms with van der Waals surface area (Å²) in [6, 6.07) is 0. The first-order valence-electron chi connectivity index (χ1n) is 6.02. The second-order valence-corrected chi connectivity index (χ2v) is 3.79. The van der Waals surface area contributed by atoms with Crippen molar-refractivity contribution in [3.05, 3.63) is 0 Å². The van der Waals surface area contributed by atoms with Crippen LogP contribution in [0.4, 0.5) is 0 Å². The van der Waals surface area contributed by atoms with Gasteiger partial charge in [0.2, 0.25) is 0 Å². The standard InChI is InChI=1S/C9H21NO.C3H8/c1-3-4-7-10(2)8-5-6-9-11;1-3-2/h11H,3-9H2,1-2H3;3H2,1-2H3. The molecule has 0 atom stereocenters. The maximum atomic E-state index is 8.54. The van der Waals surface area contributed by atoms with E-state index in [0.29, 0.717) is 6.61 Å². The van der Waals surface area contributed by atoms with Gasteiger partial charge in [0.25, 0.3) is 0 Å². The molecule has 88 valence electrons. The monoisotopic (exact) mass is 203 g/mol. The van der Waals surface area contributed by atoms with Crippen LogP contribution < -0.4 is 0 Å². The molecule has 0 bridgehead atoms. The molecule has 1 N–H and O–H groups in total. The van der Waals surface area contributed by atoms with Crippen LogP contribution in [0.2, 0.25) is 0 Å². The van der Waals surface area contributed by atoms with Gasteiger partial charge in [-0.25, -0.2) is 0 Å². The van der Waals surface area contributed by atoms with Crippen LogP contribution in [0.3, 0.4) is 0 Å². The van der Waals surface area contributed by atoms with Crippen molar-refractivity contribution < 1.29 is 5.11 Å². The summed E-state index contributed by atoms with van der Waals surface area (Å²) in [6.45, 7) is 9.12. The lowest BCUT2D eigenvalue weighted by atomic mass is 10.3. The lowest BCUT2D eigenvalue weighted by Gasteiger charge is -2.14. The molecule has 0 aliphatic carbocycles. The smallest absolute Gasteiger partial charge is 0.0431 e. The van der Waals surface area contributed by atoms with E-state index in [1.807, 2.05) is 0 Å². The minimum absolute atomic E-state index is 0.335. The molecule has 0 aliphatic rings. The average Bonchev–Trinajstić information content (AvgIpc) is 2.16. The molecule has 0 rings (SSSR count). The van der Waals surface area contributed by atoms with E-state index in [1.54, 1.807) is 0 Å². The minimum atomic E-state index is 0.335. The van der Waals surface area contributed by atoms with Gasteiger partial charge in [0, 0.05) is 6.61 Å². The van der Waals surface area contributed by atoms with Crippen molar-refractivity contribution in [3.8, 4) is 0 Å². The SMILES string of the molecule is CCC.CCCCN(C)CCCCO. The van der Waals surface area contributed by atoms with Crippen LogP contribution in [0.25, 0.3) is 0 Å². The molecule has 2 nitrogen and oxygen atoms in total. The molecule has 14 heavy (non-hydrogen) atoms. The predicted molar refractivity (Wildman–Crippen MR) is 64.7 cm³/mol. The summed E-state index contributed by atoms with van der Waals surface area (Å²) in [5, 5.41) is 8.54. The maximum Gasteiger partial charge on any atom is 0.0431 e. The Morgan fingerprint density at radius 3 is 1.86 bits per heavy atom. The molecule has 0 aromatic rings. The second kappa shape index (κ2) is 15.4. The van der Waals surface area contributed by atoms with Crippen LogP contribution in [0.5, 0.6) is 0 Å². The fourth-order valence-electron chi connectivity index (χ4n) is 1.03. The van der Waals surface area contributed by atoms with E-state index in [2.05, 4.69) is 32.7 Å². The first kappa shape index (κ1) is 16.4. The first-order chi connectivity index (χ1) is 6.72. The zero-order valence-corrected chi connectivity index (χ0v) is 10.6. The van der Waals surface area contributed by atoms with Gasteiger partial charge < -0.3 is 10.0 Å². The highest BCUT2D eigenvalue weighted by molar-refractivity contribution is 4.50. The number of aliphatic hydroxyl groups excluding tert-OH is 1. The van der Waals surface area contributed by atoms with Crippen molar-refractivity contribution in [2.75, 3.05) is 26.7 Å². The molecule has 0 amide bonds. The van der Waals surface area contributed by atoms with E-state index in [4.69, 9.17) is 5.11 Å². The summed E-state index contributed by atoms with van der Waals surface area (Å²) < 4.78 is 0. The summed E-state index contributed by atoms with van der Waals surface area (Å²) >= 11 is 0. The normalized spacial score (nSPS) is 9.86. The van der Waals surface area contributed by atoms with Crippen LogP contribution in [-0.4, -0.2) is 36.8 Å². The summed E-state index contributed by atoms with van der Waals surface area (Å²) in [6.07, 6.45) is 5.87. The largest absolute Gasteiger partial charge is 0.396 e. The lowest BCUT2D eigenvalue weighted by molar-refractivity contribution is 0.262. The van der Waals surface area contributed by atoms with E-state index in [-0.39, 0.29) is 0 Å². The molecule has 0 aliphatic heterocycles. The van der Waals surface area contributed by atoms with E-state index in [9.17, 15) is 0 Å². The highest BCUT2D eigenvalue weighted by Crippen LogP contribution is 1.95. The van der Waals surface area contributed by atoms with Gasteiger partial charge in [-0.1, -0.05) is 33.6 Å². The zero-order chi connectivity index (χ0) is 11.2. The second-order valence-electron chi connectivity index (χ2n) is 3.79. The van der Waals surface area contributed by atoms with Crippen LogP contribution in [-0.2, 0) is 0 Å². The van der Waals surface area contributed by atoms with Crippen LogP contribution in [0.1, 0.15) is 52.9 Å². The van der Waals surface area contributed by atoms with Crippen molar-refractivity contribution in [3.63, 3.8) is 0 Å². The highest BCUT2D eigenvalue weighted by Gasteiger charge is 1.95. The molecule has 0 saturated carbocycles. The molecule has 0 heterocycles. The molecular weight excluding hydrogens is 174 g/mol. The lowest BCUT2D eigenvalue weighted by Crippen LogP contribution is -2.20. The summed E-state index contributed by atoms with van der Waals surface area (Å²) in [7, 11) is 2.15. The summed E-state index contributed by atoms with van der Waals surface area (Å²) in [4.78, 5) is 2.33. The van der Waals surface area contributed by atoms with Gasteiger partial charge in [-0.05, 0) is 39.4 Å². The number of rotatable bonds is 7. The molecule has 0 radical (unpaired) electrons. The fourth-order valence-corrected chi connectivity index (χ4v) is 1.03. The zero-order valence-electron chi connectivity index (χ0n) is 10.6. The summed E-state index contributed by atoms with van der Waals surface area (Å²) in [5.74, 6) is 0. The number of hydrogen-bond acceptors (Lipinski definition) is 2. The molecule has 0 fully saturated rings. The van der Waals surface area contributed by atoms with Gasteiger partial charge in [-0.3, -0.25) is 0 Å². The average molecular weight is 203 g/mol. The van der Waals surface area contributed by atoms with Crippen molar-refractivity contribution in [1.29, 1.82) is 0 Å². The van der Waals surface area contributed by atoms with Gasteiger partial charge in [-0.15, -0.1) is 0 Å². The molecule has 0 unspecified atom stereocenters. The quantitative estimate of drug-likeness (QED) is 0.643. The van der Waals surface area contributed by atoms with Gasteiger partial charge in [-0.2, -0.15) is 0 Å². The fraction of sp³-hybridized carbons (Fsp3) is 1.00. The van der Waals surface area contributed by atoms with Crippen molar-refractivity contribution in [2.24, 2.45) is 0 Å². The van der Waals surface area contributed by atoms with Crippen LogP contribution in [0, 0.1) is 0 Å². The Morgan fingerprint density at radius 1 is 0.929 bits per heavy atom. The van der Waals surface area contributed by atoms with E-state index in [1.165, 1.54) is 25.8 Å². The molecular formula is C12H29NO. The number of aliphatic hydroxyl groups is 1. The highest BCUT2D eigenvalue weighted by atomic mass is 16.2. The Morgan fingerprint density at radius 2 is 1.43 bits per heavy atom. The third-order valence-electron chi connectivity index (χ3n) is 1.84. The Balaban J connectivity index is 0. The minimum Gasteiger partial charge on any atom is -0.396 e. The third kappa shape index (κ3) is 17.9. The van der Waals surface area contributed by atoms with E-state index in [0.717, 1.165) is 19.4 Å². The Hall–Kier alpha value is -0.0800. The van der Waals surface area contributed by atoms with Crippen molar-refractivity contribution in [2.45, 2.75) is 52.9 Å². The Bertz CT molecular complexity index is 86.4. The van der Waals surface area contributed by atoms with Crippen molar-refractivity contribution >= 4 is 0 Å². The van der Waals surface area contributed by atoms with Gasteiger partial charge in [0.15, 0.2) is 0 Å². The maximum absolute atomic E-state index is 8.54.